The lowest BCUT2D eigenvalue weighted by molar-refractivity contribution is -0.138. The van der Waals surface area contributed by atoms with Crippen LogP contribution < -0.4 is 5.32 Å². The van der Waals surface area contributed by atoms with Crippen LogP contribution in [-0.2, 0) is 9.53 Å². The van der Waals surface area contributed by atoms with Gasteiger partial charge in [0.15, 0.2) is 0 Å². The summed E-state index contributed by atoms with van der Waals surface area (Å²) < 4.78 is 5.62. The third-order valence-corrected chi connectivity index (χ3v) is 4.53. The standard InChI is InChI=1S/C17H22N2O4/c1-17(2)10-19(7-8-23-17)16(22)18-14-9-13(15(20)21)11-5-3-4-6-12(11)14/h3-6,13-14H,7-10H2,1-2H3,(H,18,22)(H,20,21). The topological polar surface area (TPSA) is 78.9 Å². The number of rotatable bonds is 2. The highest BCUT2D eigenvalue weighted by Crippen LogP contribution is 2.40. The molecular formula is C17H22N2O4. The molecule has 0 spiro atoms. The Morgan fingerprint density at radius 2 is 2.00 bits per heavy atom. The van der Waals surface area contributed by atoms with Crippen molar-refractivity contribution in [3.8, 4) is 0 Å². The van der Waals surface area contributed by atoms with Crippen molar-refractivity contribution in [1.82, 2.24) is 10.2 Å². The molecule has 2 unspecified atom stereocenters. The molecule has 0 bridgehead atoms. The number of carboxylic acids is 1. The van der Waals surface area contributed by atoms with Crippen molar-refractivity contribution in [3.05, 3.63) is 35.4 Å². The van der Waals surface area contributed by atoms with Crippen LogP contribution in [0.2, 0.25) is 0 Å². The fraction of sp³-hybridized carbons (Fsp3) is 0.529. The lowest BCUT2D eigenvalue weighted by Crippen LogP contribution is -2.53. The van der Waals surface area contributed by atoms with E-state index in [2.05, 4.69) is 5.32 Å². The summed E-state index contributed by atoms with van der Waals surface area (Å²) in [4.78, 5) is 25.7. The average molecular weight is 318 g/mol. The number of urea groups is 1. The predicted octanol–water partition coefficient (Wildman–Crippen LogP) is 2.12. The number of nitrogens with one attached hydrogen (secondary N) is 1. The second-order valence-electron chi connectivity index (χ2n) is 6.79. The maximum Gasteiger partial charge on any atom is 0.318 e. The van der Waals surface area contributed by atoms with E-state index in [0.29, 0.717) is 26.1 Å². The van der Waals surface area contributed by atoms with Gasteiger partial charge in [-0.15, -0.1) is 0 Å². The summed E-state index contributed by atoms with van der Waals surface area (Å²) >= 11 is 0. The molecule has 3 rings (SSSR count). The normalized spacial score (nSPS) is 25.7. The maximum absolute atomic E-state index is 12.5. The molecule has 1 aliphatic heterocycles. The minimum absolute atomic E-state index is 0.160. The van der Waals surface area contributed by atoms with E-state index in [0.717, 1.165) is 11.1 Å². The number of morpholine rings is 1. The molecule has 124 valence electrons. The number of carbonyl (C=O) groups is 2. The SMILES string of the molecule is CC1(C)CN(C(=O)NC2CC(C(=O)O)c3ccccc32)CCO1. The lowest BCUT2D eigenvalue weighted by atomic mass is 10.0. The Hall–Kier alpha value is -2.08. The monoisotopic (exact) mass is 318 g/mol. The van der Waals surface area contributed by atoms with Crippen molar-refractivity contribution in [2.24, 2.45) is 0 Å². The molecule has 1 aromatic rings. The summed E-state index contributed by atoms with van der Waals surface area (Å²) in [6.07, 6.45) is 0.397. The number of aliphatic carboxylic acids is 1. The predicted molar refractivity (Wildman–Crippen MR) is 84.3 cm³/mol. The van der Waals surface area contributed by atoms with Crippen molar-refractivity contribution >= 4 is 12.0 Å². The average Bonchev–Trinajstić information content (AvgIpc) is 2.85. The summed E-state index contributed by atoms with van der Waals surface area (Å²) in [5.74, 6) is -1.40. The van der Waals surface area contributed by atoms with Gasteiger partial charge in [0.05, 0.1) is 30.7 Å². The lowest BCUT2D eigenvalue weighted by Gasteiger charge is -2.38. The highest BCUT2D eigenvalue weighted by molar-refractivity contribution is 5.80. The van der Waals surface area contributed by atoms with Gasteiger partial charge in [0.2, 0.25) is 0 Å². The van der Waals surface area contributed by atoms with Crippen molar-refractivity contribution in [1.29, 1.82) is 0 Å². The maximum atomic E-state index is 12.5. The molecule has 23 heavy (non-hydrogen) atoms. The van der Waals surface area contributed by atoms with E-state index >= 15 is 0 Å². The molecule has 1 heterocycles. The Balaban J connectivity index is 1.73. The van der Waals surface area contributed by atoms with Gasteiger partial charge in [-0.25, -0.2) is 4.79 Å². The van der Waals surface area contributed by atoms with E-state index in [1.54, 1.807) is 4.90 Å². The zero-order valence-corrected chi connectivity index (χ0v) is 13.4. The number of hydrogen-bond donors (Lipinski definition) is 2. The zero-order valence-electron chi connectivity index (χ0n) is 13.4. The number of carbonyl (C=O) groups excluding carboxylic acids is 1. The number of carboxylic acid groups (broad SMARTS) is 1. The molecule has 2 N–H and O–H groups in total. The molecule has 1 saturated heterocycles. The summed E-state index contributed by atoms with van der Waals surface area (Å²) in [6, 6.07) is 7.02. The van der Waals surface area contributed by atoms with Crippen LogP contribution >= 0.6 is 0 Å². The quantitative estimate of drug-likeness (QED) is 0.875. The van der Waals surface area contributed by atoms with Gasteiger partial charge < -0.3 is 20.1 Å². The molecule has 1 aliphatic carbocycles. The fourth-order valence-corrected chi connectivity index (χ4v) is 3.44. The van der Waals surface area contributed by atoms with Crippen LogP contribution in [-0.4, -0.2) is 47.3 Å². The van der Waals surface area contributed by atoms with Crippen LogP contribution in [0.4, 0.5) is 4.79 Å². The number of ether oxygens (including phenoxy) is 1. The van der Waals surface area contributed by atoms with E-state index in [4.69, 9.17) is 4.74 Å². The van der Waals surface area contributed by atoms with Crippen LogP contribution in [0.1, 0.15) is 43.4 Å². The van der Waals surface area contributed by atoms with Crippen molar-refractivity contribution < 1.29 is 19.4 Å². The molecule has 2 amide bonds. The summed E-state index contributed by atoms with van der Waals surface area (Å²) in [7, 11) is 0. The number of hydrogen-bond acceptors (Lipinski definition) is 3. The highest BCUT2D eigenvalue weighted by atomic mass is 16.5. The van der Waals surface area contributed by atoms with E-state index in [9.17, 15) is 14.7 Å². The summed E-state index contributed by atoms with van der Waals surface area (Å²) in [5.41, 5.74) is 1.35. The van der Waals surface area contributed by atoms with Gasteiger partial charge in [-0.2, -0.15) is 0 Å². The largest absolute Gasteiger partial charge is 0.481 e. The Kier molecular flexibility index (Phi) is 4.02. The molecule has 6 heteroatoms. The minimum atomic E-state index is -0.846. The first-order valence-electron chi connectivity index (χ1n) is 7.88. The fourth-order valence-electron chi connectivity index (χ4n) is 3.44. The first kappa shape index (κ1) is 15.8. The van der Waals surface area contributed by atoms with Gasteiger partial charge in [-0.05, 0) is 31.4 Å². The molecule has 1 fully saturated rings. The first-order valence-corrected chi connectivity index (χ1v) is 7.88. The second kappa shape index (κ2) is 5.85. The van der Waals surface area contributed by atoms with Gasteiger partial charge >= 0.3 is 12.0 Å². The molecule has 2 aliphatic rings. The third-order valence-electron chi connectivity index (χ3n) is 4.53. The van der Waals surface area contributed by atoms with Crippen molar-refractivity contribution in [2.45, 2.75) is 37.8 Å². The second-order valence-corrected chi connectivity index (χ2v) is 6.79. The zero-order chi connectivity index (χ0) is 16.6. The van der Waals surface area contributed by atoms with Gasteiger partial charge in [-0.3, -0.25) is 4.79 Å². The van der Waals surface area contributed by atoms with Gasteiger partial charge in [-0.1, -0.05) is 24.3 Å². The Labute approximate surface area is 135 Å². The van der Waals surface area contributed by atoms with Crippen LogP contribution in [0, 0.1) is 0 Å². The number of nitrogens with zero attached hydrogens (tertiary/aromatic N) is 1. The van der Waals surface area contributed by atoms with E-state index in [1.165, 1.54) is 0 Å². The van der Waals surface area contributed by atoms with Crippen LogP contribution in [0.15, 0.2) is 24.3 Å². The van der Waals surface area contributed by atoms with Crippen LogP contribution in [0.3, 0.4) is 0 Å². The van der Waals surface area contributed by atoms with Gasteiger partial charge in [0.1, 0.15) is 0 Å². The summed E-state index contributed by atoms with van der Waals surface area (Å²) in [5, 5.41) is 12.4. The first-order chi connectivity index (χ1) is 10.9. The van der Waals surface area contributed by atoms with Crippen LogP contribution in [0.25, 0.3) is 0 Å². The smallest absolute Gasteiger partial charge is 0.318 e. The molecule has 6 nitrogen and oxygen atoms in total. The van der Waals surface area contributed by atoms with Gasteiger partial charge in [0.25, 0.3) is 0 Å². The van der Waals surface area contributed by atoms with Crippen LogP contribution in [0.5, 0.6) is 0 Å². The number of amides is 2. The van der Waals surface area contributed by atoms with E-state index < -0.39 is 11.9 Å². The van der Waals surface area contributed by atoms with Crippen molar-refractivity contribution in [3.63, 3.8) is 0 Å². The molecule has 2 atom stereocenters. The third kappa shape index (κ3) is 3.17. The molecular weight excluding hydrogens is 296 g/mol. The number of fused-ring (bicyclic) bond motifs is 1. The van der Waals surface area contributed by atoms with E-state index in [-0.39, 0.29) is 17.7 Å². The van der Waals surface area contributed by atoms with Gasteiger partial charge in [0, 0.05) is 6.54 Å². The molecule has 0 saturated carbocycles. The van der Waals surface area contributed by atoms with E-state index in [1.807, 2.05) is 38.1 Å². The Morgan fingerprint density at radius 1 is 1.30 bits per heavy atom. The Bertz CT molecular complexity index is 629. The molecule has 0 radical (unpaired) electrons. The number of benzene rings is 1. The van der Waals surface area contributed by atoms with Crippen molar-refractivity contribution in [2.75, 3.05) is 19.7 Å². The molecule has 1 aromatic carbocycles. The summed E-state index contributed by atoms with van der Waals surface area (Å²) in [6.45, 7) is 5.50. The Morgan fingerprint density at radius 3 is 2.65 bits per heavy atom. The minimum Gasteiger partial charge on any atom is -0.481 e. The molecule has 0 aromatic heterocycles. The highest BCUT2D eigenvalue weighted by Gasteiger charge is 2.37.